The second-order valence-electron chi connectivity index (χ2n) is 7.17. The minimum Gasteiger partial charge on any atom is -0.340 e. The molecule has 0 bridgehead atoms. The van der Waals surface area contributed by atoms with Gasteiger partial charge in [0.1, 0.15) is 11.9 Å². The van der Waals surface area contributed by atoms with Crippen molar-refractivity contribution >= 4 is 5.91 Å². The lowest BCUT2D eigenvalue weighted by molar-refractivity contribution is -0.135. The van der Waals surface area contributed by atoms with Crippen LogP contribution in [0.1, 0.15) is 22.7 Å². The molecule has 0 heterocycles. The van der Waals surface area contributed by atoms with Gasteiger partial charge in [-0.25, -0.2) is 4.39 Å². The molecule has 0 aliphatic heterocycles. The van der Waals surface area contributed by atoms with E-state index in [1.54, 1.807) is 24.1 Å². The average molecular weight is 357 g/mol. The molecule has 1 atom stereocenters. The maximum Gasteiger partial charge on any atom is 0.244 e. The summed E-state index contributed by atoms with van der Waals surface area (Å²) in [6.07, 6.45) is 0. The number of carbonyl (C=O) groups excluding carboxylic acids is 1. The number of benzene rings is 2. The zero-order chi connectivity index (χ0) is 19.3. The lowest BCUT2D eigenvalue weighted by Crippen LogP contribution is -2.38. The Labute approximate surface area is 155 Å². The van der Waals surface area contributed by atoms with Crippen LogP contribution < -0.4 is 0 Å². The Bertz CT molecular complexity index is 746. The van der Waals surface area contributed by atoms with Gasteiger partial charge < -0.3 is 9.80 Å². The van der Waals surface area contributed by atoms with Crippen molar-refractivity contribution in [2.75, 3.05) is 35.2 Å². The minimum absolute atomic E-state index is 0.0568. The van der Waals surface area contributed by atoms with Crippen LogP contribution >= 0.6 is 0 Å². The highest BCUT2D eigenvalue weighted by atomic mass is 19.1. The van der Waals surface area contributed by atoms with E-state index >= 15 is 0 Å². The van der Waals surface area contributed by atoms with Gasteiger partial charge in [-0.3, -0.25) is 9.69 Å². The predicted molar refractivity (Wildman–Crippen MR) is 103 cm³/mol. The molecule has 0 N–H and O–H groups in total. The number of rotatable bonds is 7. The van der Waals surface area contributed by atoms with Gasteiger partial charge >= 0.3 is 0 Å². The molecular weight excluding hydrogens is 329 g/mol. The number of hydrogen-bond donors (Lipinski definition) is 0. The van der Waals surface area contributed by atoms with Crippen LogP contribution in [0, 0.1) is 5.82 Å². The smallest absolute Gasteiger partial charge is 0.244 e. The van der Waals surface area contributed by atoms with Gasteiger partial charge in [-0.15, -0.1) is 0 Å². The first-order chi connectivity index (χ1) is 12.3. The molecule has 0 fully saturated rings. The summed E-state index contributed by atoms with van der Waals surface area (Å²) in [5.74, 6) is -0.389. The van der Waals surface area contributed by atoms with Crippen LogP contribution in [0.15, 0.2) is 48.5 Å². The number of halogens is 1. The standard InChI is InChI=1S/C21H28FN3O/c1-23(2)14-16-8-6-9-17(12-16)15-25(5)21(26)20(24(3)4)18-10-7-11-19(22)13-18/h6-13,20H,14-15H2,1-5H3/t20-/m0/s1. The van der Waals surface area contributed by atoms with Crippen molar-refractivity contribution in [1.29, 1.82) is 0 Å². The largest absolute Gasteiger partial charge is 0.340 e. The van der Waals surface area contributed by atoms with Crippen molar-refractivity contribution in [3.8, 4) is 0 Å². The van der Waals surface area contributed by atoms with Crippen molar-refractivity contribution in [1.82, 2.24) is 14.7 Å². The average Bonchev–Trinajstić information content (AvgIpc) is 2.54. The van der Waals surface area contributed by atoms with Gasteiger partial charge in [0.05, 0.1) is 0 Å². The first-order valence-electron chi connectivity index (χ1n) is 8.67. The molecule has 0 aromatic heterocycles. The first-order valence-corrected chi connectivity index (χ1v) is 8.67. The Morgan fingerprint density at radius 2 is 1.54 bits per heavy atom. The normalized spacial score (nSPS) is 12.5. The van der Waals surface area contributed by atoms with E-state index < -0.39 is 6.04 Å². The maximum atomic E-state index is 13.6. The Balaban J connectivity index is 2.16. The molecule has 26 heavy (non-hydrogen) atoms. The van der Waals surface area contributed by atoms with Gasteiger partial charge in [-0.2, -0.15) is 0 Å². The zero-order valence-electron chi connectivity index (χ0n) is 16.2. The van der Waals surface area contributed by atoms with Crippen LogP contribution in [-0.2, 0) is 17.9 Å². The summed E-state index contributed by atoms with van der Waals surface area (Å²) in [5, 5.41) is 0. The molecule has 2 aromatic carbocycles. The summed E-state index contributed by atoms with van der Waals surface area (Å²) in [5.41, 5.74) is 2.95. The molecular formula is C21H28FN3O. The van der Waals surface area contributed by atoms with Crippen LogP contribution in [0.5, 0.6) is 0 Å². The molecule has 2 rings (SSSR count). The highest BCUT2D eigenvalue weighted by Crippen LogP contribution is 2.22. The molecule has 0 saturated carbocycles. The molecule has 0 aliphatic carbocycles. The van der Waals surface area contributed by atoms with E-state index in [0.29, 0.717) is 12.1 Å². The van der Waals surface area contributed by atoms with Crippen molar-refractivity contribution in [3.05, 3.63) is 71.0 Å². The summed E-state index contributed by atoms with van der Waals surface area (Å²) >= 11 is 0. The Morgan fingerprint density at radius 1 is 0.923 bits per heavy atom. The molecule has 140 valence electrons. The van der Waals surface area contributed by atoms with Crippen molar-refractivity contribution in [2.45, 2.75) is 19.1 Å². The Hall–Kier alpha value is -2.24. The van der Waals surface area contributed by atoms with E-state index in [2.05, 4.69) is 17.0 Å². The number of hydrogen-bond acceptors (Lipinski definition) is 3. The molecule has 4 nitrogen and oxygen atoms in total. The van der Waals surface area contributed by atoms with Crippen LogP contribution in [0.3, 0.4) is 0 Å². The van der Waals surface area contributed by atoms with Crippen molar-refractivity contribution in [2.24, 2.45) is 0 Å². The first kappa shape index (κ1) is 20.1. The highest BCUT2D eigenvalue weighted by Gasteiger charge is 2.26. The maximum absolute atomic E-state index is 13.6. The van der Waals surface area contributed by atoms with E-state index in [1.165, 1.54) is 17.7 Å². The molecule has 2 aromatic rings. The SMILES string of the molecule is CN(C)Cc1cccc(CN(C)C(=O)[C@H](c2cccc(F)c2)N(C)C)c1. The molecule has 5 heteroatoms. The summed E-state index contributed by atoms with van der Waals surface area (Å²) in [6, 6.07) is 14.0. The van der Waals surface area contributed by atoms with E-state index in [-0.39, 0.29) is 11.7 Å². The monoisotopic (exact) mass is 357 g/mol. The van der Waals surface area contributed by atoms with Gasteiger partial charge in [0.2, 0.25) is 5.91 Å². The van der Waals surface area contributed by atoms with Gasteiger partial charge in [-0.05, 0) is 57.0 Å². The lowest BCUT2D eigenvalue weighted by atomic mass is 10.0. The van der Waals surface area contributed by atoms with Crippen LogP contribution in [0.2, 0.25) is 0 Å². The summed E-state index contributed by atoms with van der Waals surface area (Å²) < 4.78 is 13.6. The fourth-order valence-electron chi connectivity index (χ4n) is 3.09. The van der Waals surface area contributed by atoms with E-state index in [9.17, 15) is 9.18 Å². The second-order valence-corrected chi connectivity index (χ2v) is 7.17. The van der Waals surface area contributed by atoms with Crippen LogP contribution in [-0.4, -0.2) is 55.8 Å². The summed E-state index contributed by atoms with van der Waals surface area (Å²) in [7, 11) is 9.51. The van der Waals surface area contributed by atoms with Crippen molar-refractivity contribution in [3.63, 3.8) is 0 Å². The molecule has 0 radical (unpaired) electrons. The van der Waals surface area contributed by atoms with Crippen LogP contribution in [0.4, 0.5) is 4.39 Å². The van der Waals surface area contributed by atoms with Crippen LogP contribution in [0.25, 0.3) is 0 Å². The second kappa shape index (κ2) is 8.92. The zero-order valence-corrected chi connectivity index (χ0v) is 16.2. The molecule has 0 aliphatic rings. The van der Waals surface area contributed by atoms with E-state index in [1.807, 2.05) is 45.2 Å². The number of nitrogens with zero attached hydrogens (tertiary/aromatic N) is 3. The Morgan fingerprint density at radius 3 is 2.12 bits per heavy atom. The highest BCUT2D eigenvalue weighted by molar-refractivity contribution is 5.83. The molecule has 0 saturated heterocycles. The number of likely N-dealkylation sites (N-methyl/N-ethyl adjacent to an activating group) is 2. The molecule has 0 spiro atoms. The van der Waals surface area contributed by atoms with E-state index in [4.69, 9.17) is 0 Å². The number of carbonyl (C=O) groups is 1. The fourth-order valence-corrected chi connectivity index (χ4v) is 3.09. The Kier molecular flexibility index (Phi) is 6.89. The third-order valence-corrected chi connectivity index (χ3v) is 4.20. The van der Waals surface area contributed by atoms with E-state index in [0.717, 1.165) is 12.1 Å². The van der Waals surface area contributed by atoms with Gasteiger partial charge in [0.15, 0.2) is 0 Å². The van der Waals surface area contributed by atoms with Gasteiger partial charge in [0, 0.05) is 20.1 Å². The van der Waals surface area contributed by atoms with Gasteiger partial charge in [0.25, 0.3) is 0 Å². The topological polar surface area (TPSA) is 26.8 Å². The van der Waals surface area contributed by atoms with Gasteiger partial charge in [-0.1, -0.05) is 36.4 Å². The minimum atomic E-state index is -0.513. The molecule has 1 amide bonds. The summed E-state index contributed by atoms with van der Waals surface area (Å²) in [4.78, 5) is 18.6. The van der Waals surface area contributed by atoms with Crippen molar-refractivity contribution < 1.29 is 9.18 Å². The predicted octanol–water partition coefficient (Wildman–Crippen LogP) is 3.15. The third kappa shape index (κ3) is 5.38. The fraction of sp³-hybridized carbons (Fsp3) is 0.381. The molecule has 0 unspecified atom stereocenters. The third-order valence-electron chi connectivity index (χ3n) is 4.20. The lowest BCUT2D eigenvalue weighted by Gasteiger charge is -2.29. The quantitative estimate of drug-likeness (QED) is 0.762. The number of amides is 1. The summed E-state index contributed by atoms with van der Waals surface area (Å²) in [6.45, 7) is 1.37.